The molecule has 5 heteroatoms. The molecule has 0 unspecified atom stereocenters. The number of nitrogens with one attached hydrogen (secondary N) is 1. The van der Waals surface area contributed by atoms with E-state index in [2.05, 4.69) is 5.32 Å². The van der Waals surface area contributed by atoms with Crippen LogP contribution in [-0.2, 0) is 6.42 Å². The molecule has 0 fully saturated rings. The topological polar surface area (TPSA) is 78.6 Å². The summed E-state index contributed by atoms with van der Waals surface area (Å²) in [7, 11) is 0. The number of nitrogens with two attached hydrogens (primary N) is 1. The molecule has 2 amide bonds. The van der Waals surface area contributed by atoms with E-state index in [4.69, 9.17) is 5.73 Å². The van der Waals surface area contributed by atoms with E-state index < -0.39 is 12.1 Å². The second-order valence-corrected chi connectivity index (χ2v) is 8.34. The Hall–Kier alpha value is -2.37. The smallest absolute Gasteiger partial charge is 0.318 e. The average molecular weight is 384 g/mol. The predicted molar refractivity (Wildman–Crippen MR) is 114 cm³/mol. The minimum Gasteiger partial charge on any atom is -0.390 e. The van der Waals surface area contributed by atoms with Gasteiger partial charge in [-0.3, -0.25) is 0 Å². The predicted octanol–water partition coefficient (Wildman–Crippen LogP) is 3.49. The SMILES string of the molecule is C[C@@H](c1ccccc1)N(C[C@@H](O)[C@@H](N)Cc1ccccc1)C(=O)NC(C)(C)C. The second-order valence-electron chi connectivity index (χ2n) is 8.34. The summed E-state index contributed by atoms with van der Waals surface area (Å²) in [5, 5.41) is 13.7. The van der Waals surface area contributed by atoms with Crippen molar-refractivity contribution in [3.8, 4) is 0 Å². The maximum Gasteiger partial charge on any atom is 0.318 e. The van der Waals surface area contributed by atoms with Crippen molar-refractivity contribution in [2.24, 2.45) is 5.73 Å². The summed E-state index contributed by atoms with van der Waals surface area (Å²) in [6, 6.07) is 18.8. The second kappa shape index (κ2) is 9.71. The molecular formula is C23H33N3O2. The minimum atomic E-state index is -0.836. The molecule has 0 spiro atoms. The fourth-order valence-electron chi connectivity index (χ4n) is 3.08. The van der Waals surface area contributed by atoms with E-state index in [-0.39, 0.29) is 24.2 Å². The van der Waals surface area contributed by atoms with E-state index in [0.717, 1.165) is 11.1 Å². The number of hydrogen-bond acceptors (Lipinski definition) is 3. The van der Waals surface area contributed by atoms with E-state index in [0.29, 0.717) is 6.42 Å². The number of nitrogens with zero attached hydrogens (tertiary/aromatic N) is 1. The number of aliphatic hydroxyl groups excluding tert-OH is 1. The Kier molecular flexibility index (Phi) is 7.61. The van der Waals surface area contributed by atoms with Gasteiger partial charge in [0.25, 0.3) is 0 Å². The van der Waals surface area contributed by atoms with Crippen molar-refractivity contribution in [1.82, 2.24) is 10.2 Å². The zero-order valence-corrected chi connectivity index (χ0v) is 17.3. The summed E-state index contributed by atoms with van der Waals surface area (Å²) in [6.45, 7) is 7.94. The van der Waals surface area contributed by atoms with Gasteiger partial charge in [0, 0.05) is 11.6 Å². The fraction of sp³-hybridized carbons (Fsp3) is 0.435. The molecule has 0 aromatic heterocycles. The number of carbonyl (C=O) groups excluding carboxylic acids is 1. The molecule has 2 rings (SSSR count). The highest BCUT2D eigenvalue weighted by atomic mass is 16.3. The van der Waals surface area contributed by atoms with Crippen molar-refractivity contribution in [3.63, 3.8) is 0 Å². The van der Waals surface area contributed by atoms with Gasteiger partial charge in [0.15, 0.2) is 0 Å². The Morgan fingerprint density at radius 3 is 2.14 bits per heavy atom. The molecule has 0 aliphatic heterocycles. The number of aliphatic hydroxyl groups is 1. The minimum absolute atomic E-state index is 0.159. The molecular weight excluding hydrogens is 350 g/mol. The first-order valence-corrected chi connectivity index (χ1v) is 9.78. The van der Waals surface area contributed by atoms with Crippen LogP contribution in [0.5, 0.6) is 0 Å². The lowest BCUT2D eigenvalue weighted by Crippen LogP contribution is -2.53. The molecule has 152 valence electrons. The molecule has 0 radical (unpaired) electrons. The van der Waals surface area contributed by atoms with Crippen LogP contribution >= 0.6 is 0 Å². The van der Waals surface area contributed by atoms with Gasteiger partial charge >= 0.3 is 6.03 Å². The van der Waals surface area contributed by atoms with Crippen molar-refractivity contribution < 1.29 is 9.90 Å². The van der Waals surface area contributed by atoms with Crippen LogP contribution in [-0.4, -0.2) is 40.3 Å². The largest absolute Gasteiger partial charge is 0.390 e. The molecule has 2 aromatic carbocycles. The van der Waals surface area contributed by atoms with Gasteiger partial charge in [-0.15, -0.1) is 0 Å². The van der Waals surface area contributed by atoms with E-state index >= 15 is 0 Å². The normalized spacial score (nSPS) is 14.8. The molecule has 0 heterocycles. The Balaban J connectivity index is 2.14. The molecule has 28 heavy (non-hydrogen) atoms. The van der Waals surface area contributed by atoms with Gasteiger partial charge in [0.05, 0.1) is 18.7 Å². The molecule has 4 N–H and O–H groups in total. The van der Waals surface area contributed by atoms with E-state index in [1.165, 1.54) is 0 Å². The Bertz CT molecular complexity index is 729. The van der Waals surface area contributed by atoms with Crippen molar-refractivity contribution in [3.05, 3.63) is 71.8 Å². The standard InChI is InChI=1S/C23H33N3O2/c1-17(19-13-9-6-10-14-19)26(22(28)25-23(2,3)4)16-21(27)20(24)15-18-11-7-5-8-12-18/h5-14,17,20-21,27H,15-16,24H2,1-4H3,(H,25,28)/t17-,20-,21+/m0/s1. The maximum atomic E-state index is 13.0. The molecule has 0 saturated heterocycles. The molecule has 2 aromatic rings. The third-order valence-electron chi connectivity index (χ3n) is 4.68. The average Bonchev–Trinajstić information content (AvgIpc) is 2.65. The summed E-state index contributed by atoms with van der Waals surface area (Å²) in [6.07, 6.45) is -0.284. The number of urea groups is 1. The van der Waals surface area contributed by atoms with Crippen LogP contribution in [0.4, 0.5) is 4.79 Å². The van der Waals surface area contributed by atoms with Crippen LogP contribution in [0.25, 0.3) is 0 Å². The summed E-state index contributed by atoms with van der Waals surface area (Å²) in [4.78, 5) is 14.6. The number of benzene rings is 2. The number of hydrogen-bond donors (Lipinski definition) is 3. The van der Waals surface area contributed by atoms with Gasteiger partial charge < -0.3 is 21.1 Å². The molecule has 5 nitrogen and oxygen atoms in total. The number of amides is 2. The van der Waals surface area contributed by atoms with Crippen LogP contribution in [0.3, 0.4) is 0 Å². The Morgan fingerprint density at radius 1 is 1.07 bits per heavy atom. The monoisotopic (exact) mass is 383 g/mol. The van der Waals surface area contributed by atoms with Crippen LogP contribution in [0.1, 0.15) is 44.9 Å². The van der Waals surface area contributed by atoms with Crippen LogP contribution in [0, 0.1) is 0 Å². The Morgan fingerprint density at radius 2 is 1.61 bits per heavy atom. The van der Waals surface area contributed by atoms with Gasteiger partial charge in [-0.1, -0.05) is 60.7 Å². The lowest BCUT2D eigenvalue weighted by atomic mass is 10.0. The van der Waals surface area contributed by atoms with E-state index in [1.807, 2.05) is 88.4 Å². The zero-order valence-electron chi connectivity index (χ0n) is 17.3. The van der Waals surface area contributed by atoms with E-state index in [9.17, 15) is 9.90 Å². The quantitative estimate of drug-likeness (QED) is 0.685. The summed E-state index contributed by atoms with van der Waals surface area (Å²) < 4.78 is 0. The highest BCUT2D eigenvalue weighted by molar-refractivity contribution is 5.75. The van der Waals surface area contributed by atoms with Crippen molar-refractivity contribution >= 4 is 6.03 Å². The third-order valence-corrected chi connectivity index (χ3v) is 4.68. The summed E-state index contributed by atoms with van der Waals surface area (Å²) >= 11 is 0. The molecule has 3 atom stereocenters. The molecule has 0 saturated carbocycles. The van der Waals surface area contributed by atoms with Crippen molar-refractivity contribution in [1.29, 1.82) is 0 Å². The number of rotatable bonds is 7. The van der Waals surface area contributed by atoms with Gasteiger partial charge in [-0.05, 0) is 45.2 Å². The Labute approximate surface area is 168 Å². The van der Waals surface area contributed by atoms with Gasteiger partial charge in [-0.2, -0.15) is 0 Å². The molecule has 0 aliphatic carbocycles. The first-order chi connectivity index (χ1) is 13.2. The lowest BCUT2D eigenvalue weighted by molar-refractivity contribution is 0.0844. The zero-order chi connectivity index (χ0) is 20.7. The fourth-order valence-corrected chi connectivity index (χ4v) is 3.08. The van der Waals surface area contributed by atoms with Gasteiger partial charge in [0.1, 0.15) is 0 Å². The highest BCUT2D eigenvalue weighted by Crippen LogP contribution is 2.21. The summed E-state index contributed by atoms with van der Waals surface area (Å²) in [5.41, 5.74) is 7.96. The third kappa shape index (κ3) is 6.66. The van der Waals surface area contributed by atoms with Crippen LogP contribution in [0.2, 0.25) is 0 Å². The highest BCUT2D eigenvalue weighted by Gasteiger charge is 2.28. The van der Waals surface area contributed by atoms with E-state index in [1.54, 1.807) is 4.90 Å². The maximum absolute atomic E-state index is 13.0. The first kappa shape index (κ1) is 21.9. The van der Waals surface area contributed by atoms with Gasteiger partial charge in [-0.25, -0.2) is 4.79 Å². The van der Waals surface area contributed by atoms with Crippen molar-refractivity contribution in [2.45, 2.75) is 57.8 Å². The van der Waals surface area contributed by atoms with Crippen molar-refractivity contribution in [2.75, 3.05) is 6.54 Å². The summed E-state index contributed by atoms with van der Waals surface area (Å²) in [5.74, 6) is 0. The molecule has 0 bridgehead atoms. The van der Waals surface area contributed by atoms with Crippen LogP contribution in [0.15, 0.2) is 60.7 Å². The van der Waals surface area contributed by atoms with Crippen LogP contribution < -0.4 is 11.1 Å². The number of carbonyl (C=O) groups is 1. The lowest BCUT2D eigenvalue weighted by Gasteiger charge is -2.35. The molecule has 0 aliphatic rings. The first-order valence-electron chi connectivity index (χ1n) is 9.78. The van der Waals surface area contributed by atoms with Gasteiger partial charge in [0.2, 0.25) is 0 Å².